The standard InChI is InChI=1S/C14H18ClF3N2/c1-9-7-11(15)13(8-12(9)19-2)20-5-3-10(4-6-20)14(16,17)18/h7-8,10,19H,3-6H2,1-2H3. The van der Waals surface area contributed by atoms with Crippen molar-refractivity contribution in [3.05, 3.63) is 22.7 Å². The van der Waals surface area contributed by atoms with Crippen molar-refractivity contribution < 1.29 is 13.2 Å². The summed E-state index contributed by atoms with van der Waals surface area (Å²) in [4.78, 5) is 1.94. The van der Waals surface area contributed by atoms with E-state index in [0.29, 0.717) is 18.1 Å². The molecule has 1 aliphatic rings. The minimum absolute atomic E-state index is 0.128. The summed E-state index contributed by atoms with van der Waals surface area (Å²) in [7, 11) is 1.82. The molecule has 1 fully saturated rings. The van der Waals surface area contributed by atoms with Crippen molar-refractivity contribution in [2.24, 2.45) is 5.92 Å². The zero-order valence-electron chi connectivity index (χ0n) is 11.5. The number of piperidine rings is 1. The zero-order valence-corrected chi connectivity index (χ0v) is 12.3. The Kier molecular flexibility index (Phi) is 4.37. The topological polar surface area (TPSA) is 15.3 Å². The number of hydrogen-bond donors (Lipinski definition) is 1. The number of rotatable bonds is 2. The summed E-state index contributed by atoms with van der Waals surface area (Å²) < 4.78 is 38.0. The summed E-state index contributed by atoms with van der Waals surface area (Å²) in [6.07, 6.45) is -3.83. The number of nitrogens with one attached hydrogen (secondary N) is 1. The van der Waals surface area contributed by atoms with Crippen molar-refractivity contribution in [3.63, 3.8) is 0 Å². The van der Waals surface area contributed by atoms with E-state index in [-0.39, 0.29) is 12.8 Å². The summed E-state index contributed by atoms with van der Waals surface area (Å²) in [5.74, 6) is -1.19. The van der Waals surface area contributed by atoms with Crippen molar-refractivity contribution in [1.82, 2.24) is 0 Å². The molecule has 0 unspecified atom stereocenters. The molecule has 6 heteroatoms. The summed E-state index contributed by atoms with van der Waals surface area (Å²) in [6, 6.07) is 3.75. The van der Waals surface area contributed by atoms with E-state index >= 15 is 0 Å². The van der Waals surface area contributed by atoms with Crippen LogP contribution >= 0.6 is 11.6 Å². The minimum Gasteiger partial charge on any atom is -0.388 e. The third-order valence-corrected chi connectivity index (χ3v) is 4.16. The van der Waals surface area contributed by atoms with Gasteiger partial charge in [0.2, 0.25) is 0 Å². The van der Waals surface area contributed by atoms with E-state index in [9.17, 15) is 13.2 Å². The van der Waals surface area contributed by atoms with Crippen molar-refractivity contribution >= 4 is 23.0 Å². The van der Waals surface area contributed by atoms with Crippen molar-refractivity contribution in [1.29, 1.82) is 0 Å². The van der Waals surface area contributed by atoms with Crippen LogP contribution in [0.2, 0.25) is 5.02 Å². The number of alkyl halides is 3. The second-order valence-corrected chi connectivity index (χ2v) is 5.58. The number of nitrogens with zero attached hydrogens (tertiary/aromatic N) is 1. The lowest BCUT2D eigenvalue weighted by atomic mass is 9.96. The first-order valence-electron chi connectivity index (χ1n) is 6.62. The van der Waals surface area contributed by atoms with E-state index in [1.165, 1.54) is 0 Å². The van der Waals surface area contributed by atoms with E-state index < -0.39 is 12.1 Å². The lowest BCUT2D eigenvalue weighted by molar-refractivity contribution is -0.179. The van der Waals surface area contributed by atoms with Gasteiger partial charge in [-0.1, -0.05) is 11.6 Å². The third-order valence-electron chi connectivity index (χ3n) is 3.86. The van der Waals surface area contributed by atoms with Gasteiger partial charge in [-0.05, 0) is 37.5 Å². The molecule has 2 rings (SSSR count). The van der Waals surface area contributed by atoms with Crippen LogP contribution in [0.25, 0.3) is 0 Å². The zero-order chi connectivity index (χ0) is 14.9. The largest absolute Gasteiger partial charge is 0.391 e. The highest BCUT2D eigenvalue weighted by Gasteiger charge is 2.41. The highest BCUT2D eigenvalue weighted by Crippen LogP contribution is 2.38. The molecule has 1 saturated heterocycles. The summed E-state index contributed by atoms with van der Waals surface area (Å²) in [6.45, 7) is 2.71. The van der Waals surface area contributed by atoms with Gasteiger partial charge in [-0.15, -0.1) is 0 Å². The normalized spacial score (nSPS) is 17.4. The van der Waals surface area contributed by atoms with Gasteiger partial charge in [0.05, 0.1) is 16.6 Å². The summed E-state index contributed by atoms with van der Waals surface area (Å²) in [5, 5.41) is 3.66. The van der Waals surface area contributed by atoms with Gasteiger partial charge in [0.25, 0.3) is 0 Å². The second kappa shape index (κ2) is 5.72. The van der Waals surface area contributed by atoms with Gasteiger partial charge in [-0.2, -0.15) is 13.2 Å². The Bertz CT molecular complexity index is 480. The number of anilines is 2. The Balaban J connectivity index is 2.15. The fourth-order valence-electron chi connectivity index (χ4n) is 2.62. The molecule has 0 radical (unpaired) electrons. The second-order valence-electron chi connectivity index (χ2n) is 5.17. The molecule has 0 atom stereocenters. The molecule has 1 heterocycles. The van der Waals surface area contributed by atoms with Gasteiger partial charge in [0.1, 0.15) is 0 Å². The fourth-order valence-corrected chi connectivity index (χ4v) is 2.96. The number of hydrogen-bond acceptors (Lipinski definition) is 2. The maximum Gasteiger partial charge on any atom is 0.391 e. The van der Waals surface area contributed by atoms with E-state index in [4.69, 9.17) is 11.6 Å². The molecule has 0 amide bonds. The minimum atomic E-state index is -4.08. The van der Waals surface area contributed by atoms with Crippen LogP contribution in [-0.2, 0) is 0 Å². The lowest BCUT2D eigenvalue weighted by Crippen LogP contribution is -2.39. The Morgan fingerprint density at radius 1 is 1.25 bits per heavy atom. The van der Waals surface area contributed by atoms with Crippen molar-refractivity contribution in [3.8, 4) is 0 Å². The Morgan fingerprint density at radius 2 is 1.85 bits per heavy atom. The molecule has 1 aromatic carbocycles. The van der Waals surface area contributed by atoms with Gasteiger partial charge in [0.15, 0.2) is 0 Å². The smallest absolute Gasteiger partial charge is 0.388 e. The van der Waals surface area contributed by atoms with Crippen LogP contribution in [-0.4, -0.2) is 26.3 Å². The molecule has 0 aromatic heterocycles. The number of halogens is 4. The Labute approximate surface area is 121 Å². The average molecular weight is 307 g/mol. The maximum atomic E-state index is 12.7. The predicted molar refractivity (Wildman–Crippen MR) is 76.7 cm³/mol. The lowest BCUT2D eigenvalue weighted by Gasteiger charge is -2.35. The number of aryl methyl sites for hydroxylation is 1. The van der Waals surface area contributed by atoms with Crippen LogP contribution in [0, 0.1) is 12.8 Å². The third kappa shape index (κ3) is 3.14. The van der Waals surface area contributed by atoms with Crippen LogP contribution in [0.15, 0.2) is 12.1 Å². The van der Waals surface area contributed by atoms with Gasteiger partial charge in [-0.3, -0.25) is 0 Å². The van der Waals surface area contributed by atoms with Crippen LogP contribution in [0.3, 0.4) is 0 Å². The van der Waals surface area contributed by atoms with E-state index in [0.717, 1.165) is 16.9 Å². The first-order chi connectivity index (χ1) is 9.32. The SMILES string of the molecule is CNc1cc(N2CCC(C(F)(F)F)CC2)c(Cl)cc1C. The quantitative estimate of drug-likeness (QED) is 0.867. The van der Waals surface area contributed by atoms with Crippen LogP contribution in [0.5, 0.6) is 0 Å². The van der Waals surface area contributed by atoms with E-state index in [1.807, 2.05) is 31.0 Å². The van der Waals surface area contributed by atoms with Gasteiger partial charge >= 0.3 is 6.18 Å². The molecular formula is C14H18ClF3N2. The van der Waals surface area contributed by atoms with Crippen LogP contribution in [0.4, 0.5) is 24.5 Å². The molecule has 1 aromatic rings. The predicted octanol–water partition coefficient (Wildman–Crippen LogP) is 4.47. The molecule has 0 bridgehead atoms. The number of benzene rings is 1. The van der Waals surface area contributed by atoms with E-state index in [2.05, 4.69) is 5.32 Å². The molecule has 0 saturated carbocycles. The average Bonchev–Trinajstić information content (AvgIpc) is 2.38. The maximum absolute atomic E-state index is 12.7. The fraction of sp³-hybridized carbons (Fsp3) is 0.571. The molecule has 112 valence electrons. The monoisotopic (exact) mass is 306 g/mol. The van der Waals surface area contributed by atoms with Gasteiger partial charge in [-0.25, -0.2) is 0 Å². The van der Waals surface area contributed by atoms with Crippen LogP contribution < -0.4 is 10.2 Å². The van der Waals surface area contributed by atoms with Crippen LogP contribution in [0.1, 0.15) is 18.4 Å². The first kappa shape index (κ1) is 15.3. The molecule has 0 aliphatic carbocycles. The molecule has 1 N–H and O–H groups in total. The van der Waals surface area contributed by atoms with Gasteiger partial charge in [0, 0.05) is 25.8 Å². The molecule has 1 aliphatic heterocycles. The van der Waals surface area contributed by atoms with Crippen molar-refractivity contribution in [2.45, 2.75) is 25.9 Å². The van der Waals surface area contributed by atoms with Gasteiger partial charge < -0.3 is 10.2 Å². The summed E-state index contributed by atoms with van der Waals surface area (Å²) in [5.41, 5.74) is 2.77. The molecule has 2 nitrogen and oxygen atoms in total. The summed E-state index contributed by atoms with van der Waals surface area (Å²) >= 11 is 6.23. The van der Waals surface area contributed by atoms with Crippen molar-refractivity contribution in [2.75, 3.05) is 30.4 Å². The Hall–Kier alpha value is -1.10. The highest BCUT2D eigenvalue weighted by molar-refractivity contribution is 6.33. The molecular weight excluding hydrogens is 289 g/mol. The molecule has 0 spiro atoms. The Morgan fingerprint density at radius 3 is 2.35 bits per heavy atom. The first-order valence-corrected chi connectivity index (χ1v) is 7.00. The molecule has 20 heavy (non-hydrogen) atoms. The van der Waals surface area contributed by atoms with E-state index in [1.54, 1.807) is 0 Å². The highest BCUT2D eigenvalue weighted by atomic mass is 35.5.